The van der Waals surface area contributed by atoms with Gasteiger partial charge in [-0.3, -0.25) is 0 Å². The molecule has 0 fully saturated rings. The van der Waals surface area contributed by atoms with E-state index in [0.29, 0.717) is 6.54 Å². The summed E-state index contributed by atoms with van der Waals surface area (Å²) in [4.78, 5) is 0. The first kappa shape index (κ1) is 12.8. The number of rotatable bonds is 3. The summed E-state index contributed by atoms with van der Waals surface area (Å²) < 4.78 is 21.4. The van der Waals surface area contributed by atoms with Gasteiger partial charge >= 0.3 is 0 Å². The Morgan fingerprint density at radius 3 is 2.00 bits per heavy atom. The summed E-state index contributed by atoms with van der Waals surface area (Å²) in [6.45, 7) is 2.21. The van der Waals surface area contributed by atoms with Crippen molar-refractivity contribution in [3.05, 3.63) is 0 Å². The maximum absolute atomic E-state index is 10.7. The summed E-state index contributed by atoms with van der Waals surface area (Å²) in [6, 6.07) is 0. The van der Waals surface area contributed by atoms with Crippen LogP contribution in [0.4, 0.5) is 0 Å². The smallest absolute Gasteiger partial charge is 0.151 e. The van der Waals surface area contributed by atoms with E-state index in [2.05, 4.69) is 5.32 Å². The lowest BCUT2D eigenvalue weighted by atomic mass is 10.5. The van der Waals surface area contributed by atoms with Gasteiger partial charge in [-0.2, -0.15) is 0 Å². The normalized spacial score (nSPS) is 13.9. The Balaban J connectivity index is 0. The molecule has 1 atom stereocenters. The predicted octanol–water partition coefficient (Wildman–Crippen LogP) is 0.0607. The van der Waals surface area contributed by atoms with Crippen molar-refractivity contribution in [2.24, 2.45) is 0 Å². The highest BCUT2D eigenvalue weighted by Crippen LogP contribution is 1.93. The van der Waals surface area contributed by atoms with E-state index in [1.54, 1.807) is 14.0 Å². The molecule has 5 heteroatoms. The molecule has 3 nitrogen and oxygen atoms in total. The van der Waals surface area contributed by atoms with Crippen LogP contribution in [0.3, 0.4) is 0 Å². The summed E-state index contributed by atoms with van der Waals surface area (Å²) in [6.07, 6.45) is 1.25. The Morgan fingerprint density at radius 2 is 1.90 bits per heavy atom. The molecule has 0 bridgehead atoms. The van der Waals surface area contributed by atoms with Gasteiger partial charge in [0.2, 0.25) is 0 Å². The monoisotopic (exact) mass is 187 g/mol. The Labute approximate surface area is 68.5 Å². The summed E-state index contributed by atoms with van der Waals surface area (Å²) in [5.41, 5.74) is 0. The van der Waals surface area contributed by atoms with Crippen molar-refractivity contribution < 1.29 is 8.42 Å². The average Bonchev–Trinajstić information content (AvgIpc) is 1.64. The third kappa shape index (κ3) is 5.02. The first-order chi connectivity index (χ1) is 3.98. The summed E-state index contributed by atoms with van der Waals surface area (Å²) >= 11 is 0. The van der Waals surface area contributed by atoms with Crippen LogP contribution in [0.1, 0.15) is 6.92 Å². The lowest BCUT2D eigenvalue weighted by Crippen LogP contribution is -2.27. The topological polar surface area (TPSA) is 46.2 Å². The fourth-order valence-electron chi connectivity index (χ4n) is 0.439. The third-order valence-corrected chi connectivity index (χ3v) is 2.85. The first-order valence-electron chi connectivity index (χ1n) is 2.82. The molecular formula is C5H14ClNO2S. The predicted molar refractivity (Wildman–Crippen MR) is 45.5 cm³/mol. The zero-order valence-corrected chi connectivity index (χ0v) is 8.05. The lowest BCUT2D eigenvalue weighted by molar-refractivity contribution is 0.584. The van der Waals surface area contributed by atoms with E-state index in [-0.39, 0.29) is 17.7 Å². The summed E-state index contributed by atoms with van der Waals surface area (Å²) in [5.74, 6) is 0. The van der Waals surface area contributed by atoms with Crippen molar-refractivity contribution in [3.8, 4) is 0 Å². The SMILES string of the molecule is CNCC(C)S(C)(=O)=O.Cl. The van der Waals surface area contributed by atoms with E-state index >= 15 is 0 Å². The van der Waals surface area contributed by atoms with Gasteiger partial charge in [-0.1, -0.05) is 0 Å². The molecule has 0 saturated heterocycles. The molecule has 0 aromatic rings. The van der Waals surface area contributed by atoms with Crippen molar-refractivity contribution >= 4 is 22.2 Å². The number of nitrogens with one attached hydrogen (secondary N) is 1. The molecule has 0 aliphatic heterocycles. The maximum Gasteiger partial charge on any atom is 0.151 e. The third-order valence-electron chi connectivity index (χ3n) is 1.22. The minimum absolute atomic E-state index is 0. The second-order valence-corrected chi connectivity index (χ2v) is 4.66. The van der Waals surface area contributed by atoms with Crippen LogP contribution in [-0.4, -0.2) is 33.5 Å². The highest BCUT2D eigenvalue weighted by Gasteiger charge is 2.12. The number of hydrogen-bond donors (Lipinski definition) is 1. The highest BCUT2D eigenvalue weighted by molar-refractivity contribution is 7.91. The molecule has 0 radical (unpaired) electrons. The number of halogens is 1. The Bertz CT molecular complexity index is 166. The zero-order chi connectivity index (χ0) is 7.49. The number of hydrogen-bond acceptors (Lipinski definition) is 3. The number of sulfone groups is 1. The van der Waals surface area contributed by atoms with Crippen molar-refractivity contribution in [3.63, 3.8) is 0 Å². The van der Waals surface area contributed by atoms with Gasteiger partial charge in [0.15, 0.2) is 9.84 Å². The molecule has 0 spiro atoms. The van der Waals surface area contributed by atoms with Crippen molar-refractivity contribution in [1.29, 1.82) is 0 Å². The molecule has 0 rings (SSSR count). The van der Waals surface area contributed by atoms with Gasteiger partial charge < -0.3 is 5.32 Å². The van der Waals surface area contributed by atoms with Crippen LogP contribution < -0.4 is 5.32 Å². The van der Waals surface area contributed by atoms with E-state index in [1.165, 1.54) is 6.26 Å². The highest BCUT2D eigenvalue weighted by atomic mass is 35.5. The van der Waals surface area contributed by atoms with Gasteiger partial charge in [-0.25, -0.2) is 8.42 Å². The Kier molecular flexibility index (Phi) is 6.33. The summed E-state index contributed by atoms with van der Waals surface area (Å²) in [7, 11) is -1.09. The van der Waals surface area contributed by atoms with Crippen LogP contribution in [0.25, 0.3) is 0 Å². The van der Waals surface area contributed by atoms with Crippen molar-refractivity contribution in [2.45, 2.75) is 12.2 Å². The molecule has 0 aliphatic rings. The quantitative estimate of drug-likeness (QED) is 0.680. The van der Waals surface area contributed by atoms with Crippen LogP contribution in [0.2, 0.25) is 0 Å². The lowest BCUT2D eigenvalue weighted by Gasteiger charge is -2.06. The van der Waals surface area contributed by atoms with Gasteiger partial charge in [-0.15, -0.1) is 12.4 Å². The Hall–Kier alpha value is 0.200. The van der Waals surface area contributed by atoms with Crippen LogP contribution in [0, 0.1) is 0 Å². The largest absolute Gasteiger partial charge is 0.318 e. The second kappa shape index (κ2) is 4.93. The summed E-state index contributed by atoms with van der Waals surface area (Å²) in [5, 5.41) is 2.52. The van der Waals surface area contributed by atoms with E-state index in [9.17, 15) is 8.42 Å². The molecular weight excluding hydrogens is 174 g/mol. The van der Waals surface area contributed by atoms with Gasteiger partial charge in [0.25, 0.3) is 0 Å². The zero-order valence-electron chi connectivity index (χ0n) is 6.42. The van der Waals surface area contributed by atoms with Crippen molar-refractivity contribution in [1.82, 2.24) is 5.32 Å². The van der Waals surface area contributed by atoms with Gasteiger partial charge in [0.05, 0.1) is 5.25 Å². The molecule has 0 aliphatic carbocycles. The van der Waals surface area contributed by atoms with Crippen LogP contribution >= 0.6 is 12.4 Å². The standard InChI is InChI=1S/C5H13NO2S.ClH/c1-5(4-6-2)9(3,7)8;/h5-6H,4H2,1-3H3;1H. The van der Waals surface area contributed by atoms with Crippen molar-refractivity contribution in [2.75, 3.05) is 19.8 Å². The molecule has 0 amide bonds. The first-order valence-corrected chi connectivity index (χ1v) is 4.77. The van der Waals surface area contributed by atoms with E-state index < -0.39 is 9.84 Å². The molecule has 64 valence electrons. The van der Waals surface area contributed by atoms with Gasteiger partial charge in [0.1, 0.15) is 0 Å². The van der Waals surface area contributed by atoms with E-state index in [4.69, 9.17) is 0 Å². The molecule has 0 aromatic heterocycles. The molecule has 0 aromatic carbocycles. The Morgan fingerprint density at radius 1 is 1.50 bits per heavy atom. The minimum atomic E-state index is -2.83. The minimum Gasteiger partial charge on any atom is -0.318 e. The fourth-order valence-corrected chi connectivity index (χ4v) is 0.908. The average molecular weight is 188 g/mol. The molecule has 1 N–H and O–H groups in total. The molecule has 0 heterocycles. The van der Waals surface area contributed by atoms with Crippen LogP contribution in [-0.2, 0) is 9.84 Å². The van der Waals surface area contributed by atoms with Gasteiger partial charge in [0, 0.05) is 12.8 Å². The fraction of sp³-hybridized carbons (Fsp3) is 1.00. The molecule has 10 heavy (non-hydrogen) atoms. The molecule has 0 saturated carbocycles. The van der Waals surface area contributed by atoms with E-state index in [0.717, 1.165) is 0 Å². The maximum atomic E-state index is 10.7. The second-order valence-electron chi connectivity index (χ2n) is 2.20. The van der Waals surface area contributed by atoms with Gasteiger partial charge in [-0.05, 0) is 14.0 Å². The van der Waals surface area contributed by atoms with Crippen LogP contribution in [0.5, 0.6) is 0 Å². The molecule has 1 unspecified atom stereocenters. The van der Waals surface area contributed by atoms with E-state index in [1.807, 2.05) is 0 Å². The van der Waals surface area contributed by atoms with Crippen LogP contribution in [0.15, 0.2) is 0 Å².